The monoisotopic (exact) mass is 459 g/mol. The van der Waals surface area contributed by atoms with Crippen molar-refractivity contribution in [2.24, 2.45) is 7.05 Å². The summed E-state index contributed by atoms with van der Waals surface area (Å²) in [5, 5.41) is 7.00. The Labute approximate surface area is 184 Å². The van der Waals surface area contributed by atoms with Crippen LogP contribution in [0.4, 0.5) is 18.9 Å². The summed E-state index contributed by atoms with van der Waals surface area (Å²) in [6.07, 6.45) is -4.55. The maximum Gasteiger partial charge on any atom is 0.416 e. The van der Waals surface area contributed by atoms with Gasteiger partial charge >= 0.3 is 11.9 Å². The average Bonchev–Trinajstić information content (AvgIpc) is 3.01. The van der Waals surface area contributed by atoms with Gasteiger partial charge in [-0.2, -0.15) is 18.3 Å². The van der Waals surface area contributed by atoms with Gasteiger partial charge < -0.3 is 10.3 Å². The third kappa shape index (κ3) is 4.13. The minimum Gasteiger partial charge on any atom is -0.324 e. The molecule has 0 fully saturated rings. The van der Waals surface area contributed by atoms with E-state index in [2.05, 4.69) is 15.4 Å². The second-order valence-corrected chi connectivity index (χ2v) is 8.03. The number of hydrogen-bond donors (Lipinski definition) is 2. The Bertz CT molecular complexity index is 1510. The first-order valence-electron chi connectivity index (χ1n) is 10.1. The second-order valence-electron chi connectivity index (χ2n) is 8.03. The Balaban J connectivity index is 1.68. The fourth-order valence-electron chi connectivity index (χ4n) is 3.67. The van der Waals surface area contributed by atoms with E-state index in [0.717, 1.165) is 22.9 Å². The topological polar surface area (TPSA) is 102 Å². The van der Waals surface area contributed by atoms with Gasteiger partial charge in [0.2, 0.25) is 5.91 Å². The van der Waals surface area contributed by atoms with E-state index in [1.165, 1.54) is 4.57 Å². The predicted molar refractivity (Wildman–Crippen MR) is 117 cm³/mol. The van der Waals surface area contributed by atoms with Crippen LogP contribution in [0.15, 0.2) is 46.0 Å². The van der Waals surface area contributed by atoms with E-state index in [1.54, 1.807) is 39.1 Å². The Morgan fingerprint density at radius 2 is 1.85 bits per heavy atom. The third-order valence-corrected chi connectivity index (χ3v) is 5.34. The Morgan fingerprint density at radius 1 is 1.12 bits per heavy atom. The number of rotatable bonds is 4. The van der Waals surface area contributed by atoms with Crippen LogP contribution in [-0.2, 0) is 24.6 Å². The molecule has 0 spiro atoms. The molecule has 0 aliphatic rings. The average molecular weight is 459 g/mol. The summed E-state index contributed by atoms with van der Waals surface area (Å²) < 4.78 is 41.8. The van der Waals surface area contributed by atoms with Crippen molar-refractivity contribution in [1.29, 1.82) is 0 Å². The molecule has 0 atom stereocenters. The Hall–Kier alpha value is -3.89. The molecular weight excluding hydrogens is 439 g/mol. The molecule has 0 unspecified atom stereocenters. The molecule has 8 nitrogen and oxygen atoms in total. The molecular formula is C22H20F3N5O3. The van der Waals surface area contributed by atoms with Gasteiger partial charge in [0.25, 0.3) is 5.56 Å². The van der Waals surface area contributed by atoms with Crippen molar-refractivity contribution in [1.82, 2.24) is 19.3 Å². The lowest BCUT2D eigenvalue weighted by Gasteiger charge is -2.15. The molecule has 0 aliphatic carbocycles. The number of aryl methyl sites for hydroxylation is 1. The fraction of sp³-hybridized carbons (Fsp3) is 0.273. The molecule has 11 heteroatoms. The number of benzene rings is 2. The maximum atomic E-state index is 13.2. The van der Waals surface area contributed by atoms with Crippen molar-refractivity contribution in [3.8, 4) is 0 Å². The fourth-order valence-corrected chi connectivity index (χ4v) is 3.67. The number of alkyl halides is 3. The van der Waals surface area contributed by atoms with Gasteiger partial charge in [-0.25, -0.2) is 9.48 Å². The molecule has 0 bridgehead atoms. The number of carbonyl (C=O) groups is 1. The number of H-pyrrole nitrogens is 1. The molecule has 0 saturated carbocycles. The van der Waals surface area contributed by atoms with Crippen LogP contribution in [0.5, 0.6) is 0 Å². The van der Waals surface area contributed by atoms with Crippen molar-refractivity contribution in [3.05, 3.63) is 68.5 Å². The lowest BCUT2D eigenvalue weighted by atomic mass is 10.0. The summed E-state index contributed by atoms with van der Waals surface area (Å²) in [4.78, 5) is 39.9. The quantitative estimate of drug-likeness (QED) is 0.489. The van der Waals surface area contributed by atoms with Crippen LogP contribution >= 0.6 is 0 Å². The van der Waals surface area contributed by atoms with E-state index in [9.17, 15) is 27.6 Å². The zero-order valence-corrected chi connectivity index (χ0v) is 17.9. The van der Waals surface area contributed by atoms with E-state index >= 15 is 0 Å². The van der Waals surface area contributed by atoms with Crippen molar-refractivity contribution >= 4 is 33.4 Å². The minimum absolute atomic E-state index is 0.0535. The van der Waals surface area contributed by atoms with Crippen molar-refractivity contribution in [3.63, 3.8) is 0 Å². The summed E-state index contributed by atoms with van der Waals surface area (Å²) in [5.74, 6) is -0.841. The normalized spacial score (nSPS) is 12.1. The first kappa shape index (κ1) is 22.3. The van der Waals surface area contributed by atoms with Gasteiger partial charge in [-0.15, -0.1) is 0 Å². The molecule has 33 heavy (non-hydrogen) atoms. The smallest absolute Gasteiger partial charge is 0.324 e. The minimum atomic E-state index is -4.55. The summed E-state index contributed by atoms with van der Waals surface area (Å²) in [6, 6.07) is 7.74. The van der Waals surface area contributed by atoms with Gasteiger partial charge in [0.05, 0.1) is 27.7 Å². The predicted octanol–water partition coefficient (Wildman–Crippen LogP) is 3.36. The highest BCUT2D eigenvalue weighted by molar-refractivity contribution is 5.93. The van der Waals surface area contributed by atoms with Crippen LogP contribution in [0.2, 0.25) is 0 Å². The van der Waals surface area contributed by atoms with Crippen molar-refractivity contribution in [2.75, 3.05) is 5.32 Å². The van der Waals surface area contributed by atoms with E-state index in [0.29, 0.717) is 16.7 Å². The molecule has 0 aliphatic heterocycles. The number of anilines is 1. The highest BCUT2D eigenvalue weighted by Gasteiger charge is 2.31. The van der Waals surface area contributed by atoms with Crippen LogP contribution in [0.3, 0.4) is 0 Å². The van der Waals surface area contributed by atoms with Gasteiger partial charge in [0, 0.05) is 18.1 Å². The molecule has 1 amide bonds. The van der Waals surface area contributed by atoms with Gasteiger partial charge in [0.1, 0.15) is 6.54 Å². The number of imidazole rings is 1. The summed E-state index contributed by atoms with van der Waals surface area (Å²) in [7, 11) is 1.61. The lowest BCUT2D eigenvalue weighted by Crippen LogP contribution is -2.31. The van der Waals surface area contributed by atoms with E-state index in [4.69, 9.17) is 0 Å². The number of fused-ring (bicyclic) bond motifs is 2. The largest absolute Gasteiger partial charge is 0.416 e. The van der Waals surface area contributed by atoms with Crippen LogP contribution in [0.1, 0.15) is 31.0 Å². The number of hydrogen-bond acceptors (Lipinski definition) is 4. The third-order valence-electron chi connectivity index (χ3n) is 5.34. The number of nitrogens with zero attached hydrogens (tertiary/aromatic N) is 3. The molecule has 2 N–H and O–H groups in total. The molecule has 2 aromatic heterocycles. The van der Waals surface area contributed by atoms with Crippen LogP contribution < -0.4 is 16.6 Å². The van der Waals surface area contributed by atoms with Gasteiger partial charge in [0.15, 0.2) is 0 Å². The summed E-state index contributed by atoms with van der Waals surface area (Å²) in [6.45, 7) is 3.05. The summed E-state index contributed by atoms with van der Waals surface area (Å²) >= 11 is 0. The van der Waals surface area contributed by atoms with Crippen LogP contribution in [0, 0.1) is 0 Å². The number of aromatic amines is 1. The molecule has 2 aromatic carbocycles. The Kier molecular flexibility index (Phi) is 5.35. The number of carbonyl (C=O) groups excluding carboxylic acids is 1. The molecule has 4 aromatic rings. The first-order valence-corrected chi connectivity index (χ1v) is 10.1. The first-order chi connectivity index (χ1) is 15.5. The van der Waals surface area contributed by atoms with Crippen LogP contribution in [-0.4, -0.2) is 25.2 Å². The van der Waals surface area contributed by atoms with E-state index < -0.39 is 29.8 Å². The maximum absolute atomic E-state index is 13.2. The number of halogens is 3. The zero-order valence-electron chi connectivity index (χ0n) is 17.9. The molecule has 0 radical (unpaired) electrons. The van der Waals surface area contributed by atoms with E-state index in [-0.39, 0.29) is 28.1 Å². The van der Waals surface area contributed by atoms with Crippen LogP contribution in [0.25, 0.3) is 21.8 Å². The lowest BCUT2D eigenvalue weighted by molar-refractivity contribution is -0.137. The van der Waals surface area contributed by atoms with Gasteiger partial charge in [-0.05, 0) is 42.3 Å². The van der Waals surface area contributed by atoms with Crippen molar-refractivity contribution < 1.29 is 18.0 Å². The van der Waals surface area contributed by atoms with Crippen molar-refractivity contribution in [2.45, 2.75) is 32.5 Å². The molecule has 4 rings (SSSR count). The Morgan fingerprint density at radius 3 is 2.52 bits per heavy atom. The molecule has 0 saturated heterocycles. The number of aromatic nitrogens is 4. The molecule has 2 heterocycles. The van der Waals surface area contributed by atoms with Gasteiger partial charge in [-0.1, -0.05) is 13.8 Å². The van der Waals surface area contributed by atoms with Gasteiger partial charge in [-0.3, -0.25) is 14.2 Å². The number of amides is 1. The highest BCUT2D eigenvalue weighted by atomic mass is 19.4. The SMILES string of the molecule is CC(C)c1nn(CC(=O)Nc2ccc3c(c2)[nH]c(=O)n3C)c(=O)c2ccc(C(F)(F)F)cc12. The number of nitrogens with one attached hydrogen (secondary N) is 2. The standard InChI is InChI=1S/C22H20F3N5O3/c1-11(2)19-15-8-12(22(23,24)25)4-6-14(15)20(32)30(28-19)10-18(31)26-13-5-7-17-16(9-13)27-21(33)29(17)3/h4-9,11H,10H2,1-3H3,(H,26,31)(H,27,33). The summed E-state index contributed by atoms with van der Waals surface area (Å²) in [5.41, 5.74) is 0.0438. The highest BCUT2D eigenvalue weighted by Crippen LogP contribution is 2.32. The molecule has 172 valence electrons. The zero-order chi connectivity index (χ0) is 24.1. The van der Waals surface area contributed by atoms with E-state index in [1.807, 2.05) is 0 Å². The second kappa shape index (κ2) is 7.91.